The fourth-order valence-corrected chi connectivity index (χ4v) is 2.56. The van der Waals surface area contributed by atoms with Crippen LogP contribution in [0.4, 0.5) is 0 Å². The van der Waals surface area contributed by atoms with Gasteiger partial charge >= 0.3 is 0 Å². The predicted molar refractivity (Wildman–Crippen MR) is 78.7 cm³/mol. The van der Waals surface area contributed by atoms with Crippen molar-refractivity contribution in [2.75, 3.05) is 5.75 Å². The molecule has 1 atom stereocenters. The van der Waals surface area contributed by atoms with E-state index >= 15 is 0 Å². The average molecular weight is 293 g/mol. The van der Waals surface area contributed by atoms with Crippen LogP contribution in [0.5, 0.6) is 0 Å². The fraction of sp³-hybridized carbons (Fsp3) is 0.500. The third kappa shape index (κ3) is 5.06. The maximum absolute atomic E-state index is 6.00. The summed E-state index contributed by atoms with van der Waals surface area (Å²) in [4.78, 5) is 0. The number of hydrazine groups is 1. The summed E-state index contributed by atoms with van der Waals surface area (Å²) >= 11 is 13.7. The Morgan fingerprint density at radius 2 is 1.94 bits per heavy atom. The minimum absolute atomic E-state index is 0.0778. The van der Waals surface area contributed by atoms with Crippen molar-refractivity contribution < 1.29 is 0 Å². The second-order valence-electron chi connectivity index (χ2n) is 4.82. The molecular weight excluding hydrogens is 275 g/mol. The first-order chi connectivity index (χ1) is 7.83. The Morgan fingerprint density at radius 3 is 2.41 bits per heavy atom. The smallest absolute Gasteiger partial charge is 0.0595 e. The number of halogens is 2. The lowest BCUT2D eigenvalue weighted by Crippen LogP contribution is -2.30. The molecule has 2 nitrogen and oxygen atoms in total. The molecule has 0 aliphatic rings. The van der Waals surface area contributed by atoms with Crippen LogP contribution >= 0.6 is 35.0 Å². The molecule has 0 aliphatic heterocycles. The van der Waals surface area contributed by atoms with E-state index < -0.39 is 0 Å². The summed E-state index contributed by atoms with van der Waals surface area (Å²) < 4.78 is 0.214. The molecule has 0 spiro atoms. The molecule has 3 N–H and O–H groups in total. The monoisotopic (exact) mass is 292 g/mol. The Hall–Kier alpha value is 0.0700. The summed E-state index contributed by atoms with van der Waals surface area (Å²) in [5.74, 6) is 6.47. The summed E-state index contributed by atoms with van der Waals surface area (Å²) in [6, 6.07) is 5.68. The molecule has 1 aromatic carbocycles. The fourth-order valence-electron chi connectivity index (χ4n) is 1.30. The third-order valence-corrected chi connectivity index (χ3v) is 4.34. The molecule has 0 fully saturated rings. The largest absolute Gasteiger partial charge is 0.271 e. The van der Waals surface area contributed by atoms with Crippen LogP contribution in [0.1, 0.15) is 32.4 Å². The van der Waals surface area contributed by atoms with E-state index in [0.29, 0.717) is 10.0 Å². The first kappa shape index (κ1) is 15.1. The molecule has 0 saturated heterocycles. The van der Waals surface area contributed by atoms with E-state index in [1.54, 1.807) is 6.07 Å². The van der Waals surface area contributed by atoms with Gasteiger partial charge in [0.25, 0.3) is 0 Å². The molecule has 1 rings (SSSR count). The zero-order valence-corrected chi connectivity index (χ0v) is 12.6. The van der Waals surface area contributed by atoms with Crippen molar-refractivity contribution in [2.45, 2.75) is 31.6 Å². The highest BCUT2D eigenvalue weighted by Crippen LogP contribution is 2.30. The van der Waals surface area contributed by atoms with Gasteiger partial charge < -0.3 is 0 Å². The number of hydrogen-bond donors (Lipinski definition) is 2. The highest BCUT2D eigenvalue weighted by Gasteiger charge is 2.16. The van der Waals surface area contributed by atoms with Crippen LogP contribution in [-0.4, -0.2) is 10.5 Å². The number of rotatable bonds is 4. The van der Waals surface area contributed by atoms with Gasteiger partial charge in [-0.3, -0.25) is 11.3 Å². The van der Waals surface area contributed by atoms with Gasteiger partial charge in [0, 0.05) is 10.5 Å². The zero-order valence-electron chi connectivity index (χ0n) is 10.3. The lowest BCUT2D eigenvalue weighted by molar-refractivity contribution is 0.607. The van der Waals surface area contributed by atoms with Gasteiger partial charge in [0.15, 0.2) is 0 Å². The number of benzene rings is 1. The van der Waals surface area contributed by atoms with E-state index in [2.05, 4.69) is 26.2 Å². The Bertz CT molecular complexity index is 377. The molecule has 0 amide bonds. The van der Waals surface area contributed by atoms with Crippen molar-refractivity contribution in [3.8, 4) is 0 Å². The SMILES string of the molecule is CC(C)(C)SCC(NN)c1ccc(Cl)c(Cl)c1. The van der Waals surface area contributed by atoms with Crippen molar-refractivity contribution in [2.24, 2.45) is 5.84 Å². The molecule has 0 aliphatic carbocycles. The summed E-state index contributed by atoms with van der Waals surface area (Å²) in [5, 5.41) is 1.12. The van der Waals surface area contributed by atoms with Crippen molar-refractivity contribution in [1.82, 2.24) is 5.43 Å². The van der Waals surface area contributed by atoms with Gasteiger partial charge in [-0.25, -0.2) is 0 Å². The lowest BCUT2D eigenvalue weighted by atomic mass is 10.1. The maximum Gasteiger partial charge on any atom is 0.0595 e. The Balaban J connectivity index is 2.76. The minimum atomic E-state index is 0.0778. The normalized spacial score (nSPS) is 13.8. The van der Waals surface area contributed by atoms with Crippen LogP contribution in [0.15, 0.2) is 18.2 Å². The molecular formula is C12H18Cl2N2S. The number of hydrogen-bond acceptors (Lipinski definition) is 3. The molecule has 96 valence electrons. The number of nitrogens with two attached hydrogens (primary N) is 1. The van der Waals surface area contributed by atoms with Gasteiger partial charge in [0.1, 0.15) is 0 Å². The van der Waals surface area contributed by atoms with Crippen LogP contribution in [0.3, 0.4) is 0 Å². The van der Waals surface area contributed by atoms with Gasteiger partial charge in [-0.15, -0.1) is 0 Å². The molecule has 0 heterocycles. The second kappa shape index (κ2) is 6.30. The van der Waals surface area contributed by atoms with Crippen LogP contribution in [0, 0.1) is 0 Å². The molecule has 0 radical (unpaired) electrons. The Morgan fingerprint density at radius 1 is 1.29 bits per heavy atom. The number of nitrogens with one attached hydrogen (secondary N) is 1. The van der Waals surface area contributed by atoms with Crippen LogP contribution in [0.2, 0.25) is 10.0 Å². The summed E-state index contributed by atoms with van der Waals surface area (Å²) in [5.41, 5.74) is 3.87. The van der Waals surface area contributed by atoms with E-state index in [4.69, 9.17) is 29.0 Å². The first-order valence-corrected chi connectivity index (χ1v) is 7.12. The van der Waals surface area contributed by atoms with Crippen molar-refractivity contribution in [1.29, 1.82) is 0 Å². The van der Waals surface area contributed by atoms with Gasteiger partial charge in [0.2, 0.25) is 0 Å². The molecule has 0 aromatic heterocycles. The summed E-state index contributed by atoms with van der Waals surface area (Å²) in [7, 11) is 0. The van der Waals surface area contributed by atoms with Crippen LogP contribution < -0.4 is 11.3 Å². The quantitative estimate of drug-likeness (QED) is 0.650. The molecule has 17 heavy (non-hydrogen) atoms. The van der Waals surface area contributed by atoms with Crippen molar-refractivity contribution in [3.05, 3.63) is 33.8 Å². The topological polar surface area (TPSA) is 38.0 Å². The lowest BCUT2D eigenvalue weighted by Gasteiger charge is -2.23. The molecule has 0 bridgehead atoms. The Labute approximate surface area is 117 Å². The molecule has 1 aromatic rings. The molecule has 1 unspecified atom stereocenters. The second-order valence-corrected chi connectivity index (χ2v) is 7.48. The van der Waals surface area contributed by atoms with E-state index in [1.165, 1.54) is 0 Å². The van der Waals surface area contributed by atoms with E-state index in [9.17, 15) is 0 Å². The van der Waals surface area contributed by atoms with Crippen LogP contribution in [0.25, 0.3) is 0 Å². The highest BCUT2D eigenvalue weighted by molar-refractivity contribution is 8.00. The summed E-state index contributed by atoms with van der Waals surface area (Å²) in [6.07, 6.45) is 0. The zero-order chi connectivity index (χ0) is 13.1. The van der Waals surface area contributed by atoms with Gasteiger partial charge in [-0.05, 0) is 17.7 Å². The van der Waals surface area contributed by atoms with Crippen LogP contribution in [-0.2, 0) is 0 Å². The molecule has 5 heteroatoms. The van der Waals surface area contributed by atoms with Crippen molar-refractivity contribution >= 4 is 35.0 Å². The van der Waals surface area contributed by atoms with E-state index in [-0.39, 0.29) is 10.8 Å². The summed E-state index contributed by atoms with van der Waals surface area (Å²) in [6.45, 7) is 6.54. The maximum atomic E-state index is 6.00. The highest BCUT2D eigenvalue weighted by atomic mass is 35.5. The molecule has 0 saturated carbocycles. The van der Waals surface area contributed by atoms with Gasteiger partial charge in [0.05, 0.1) is 16.1 Å². The van der Waals surface area contributed by atoms with Gasteiger partial charge in [-0.1, -0.05) is 50.0 Å². The Kier molecular flexibility index (Phi) is 5.61. The minimum Gasteiger partial charge on any atom is -0.271 e. The van der Waals surface area contributed by atoms with Crippen molar-refractivity contribution in [3.63, 3.8) is 0 Å². The predicted octanol–water partition coefficient (Wildman–Crippen LogP) is 4.03. The number of thioether (sulfide) groups is 1. The standard InChI is InChI=1S/C12H18Cl2N2S/c1-12(2,3)17-7-11(16-15)8-4-5-9(13)10(14)6-8/h4-6,11,16H,7,15H2,1-3H3. The van der Waals surface area contributed by atoms with E-state index in [1.807, 2.05) is 23.9 Å². The van der Waals surface area contributed by atoms with Gasteiger partial charge in [-0.2, -0.15) is 11.8 Å². The first-order valence-electron chi connectivity index (χ1n) is 5.38. The average Bonchev–Trinajstić information content (AvgIpc) is 2.22. The third-order valence-electron chi connectivity index (χ3n) is 2.23. The van der Waals surface area contributed by atoms with E-state index in [0.717, 1.165) is 11.3 Å².